The van der Waals surface area contributed by atoms with Crippen molar-refractivity contribution in [2.24, 2.45) is 4.99 Å². The van der Waals surface area contributed by atoms with Gasteiger partial charge < -0.3 is 20.6 Å². The topological polar surface area (TPSA) is 59.9 Å². The smallest absolute Gasteiger partial charge is 0.191 e. The second-order valence-electron chi connectivity index (χ2n) is 5.20. The molecule has 3 N–H and O–H groups in total. The van der Waals surface area contributed by atoms with E-state index in [1.54, 1.807) is 7.05 Å². The Bertz CT molecular complexity index is 418. The molecule has 0 aromatic heterocycles. The van der Waals surface area contributed by atoms with Crippen LogP contribution in [0.4, 0.5) is 0 Å². The maximum absolute atomic E-state index is 9.57. The van der Waals surface area contributed by atoms with E-state index in [9.17, 15) is 5.11 Å². The van der Waals surface area contributed by atoms with Gasteiger partial charge in [0.05, 0.1) is 6.61 Å². The van der Waals surface area contributed by atoms with E-state index in [1.165, 1.54) is 0 Å². The minimum atomic E-state index is 0.0718. The van der Waals surface area contributed by atoms with E-state index in [0.717, 1.165) is 37.7 Å². The molecular weight excluding hydrogens is 276 g/mol. The summed E-state index contributed by atoms with van der Waals surface area (Å²) in [4.78, 5) is 6.59. The van der Waals surface area contributed by atoms with Crippen molar-refractivity contribution >= 4 is 5.96 Å². The Morgan fingerprint density at radius 1 is 1.18 bits per heavy atom. The van der Waals surface area contributed by atoms with Crippen molar-refractivity contribution in [1.82, 2.24) is 15.5 Å². The van der Waals surface area contributed by atoms with E-state index in [-0.39, 0.29) is 12.5 Å². The number of likely N-dealkylation sites (N-methyl/N-ethyl adjacent to an activating group) is 1. The summed E-state index contributed by atoms with van der Waals surface area (Å²) in [5.74, 6) is 0.851. The lowest BCUT2D eigenvalue weighted by Gasteiger charge is -2.21. The van der Waals surface area contributed by atoms with Crippen molar-refractivity contribution in [3.8, 4) is 0 Å². The van der Waals surface area contributed by atoms with Crippen LogP contribution < -0.4 is 10.6 Å². The third kappa shape index (κ3) is 6.45. The van der Waals surface area contributed by atoms with Crippen molar-refractivity contribution < 1.29 is 5.11 Å². The first-order valence-corrected chi connectivity index (χ1v) is 8.07. The summed E-state index contributed by atoms with van der Waals surface area (Å²) in [5, 5.41) is 16.2. The maximum atomic E-state index is 9.57. The minimum absolute atomic E-state index is 0.0718. The number of nitrogens with zero attached hydrogens (tertiary/aromatic N) is 2. The molecule has 0 aliphatic carbocycles. The molecule has 0 bridgehead atoms. The molecule has 22 heavy (non-hydrogen) atoms. The number of rotatable bonds is 9. The van der Waals surface area contributed by atoms with Crippen molar-refractivity contribution in [3.05, 3.63) is 35.9 Å². The number of aliphatic imine (C=N–C) groups is 1. The van der Waals surface area contributed by atoms with Crippen molar-refractivity contribution in [2.45, 2.75) is 19.8 Å². The van der Waals surface area contributed by atoms with Gasteiger partial charge in [-0.1, -0.05) is 44.2 Å². The Labute approximate surface area is 134 Å². The van der Waals surface area contributed by atoms with E-state index in [2.05, 4.69) is 34.4 Å². The molecule has 0 spiro atoms. The zero-order valence-corrected chi connectivity index (χ0v) is 14.0. The predicted octanol–water partition coefficient (Wildman–Crippen LogP) is 1.27. The lowest BCUT2D eigenvalue weighted by atomic mass is 10.0. The Morgan fingerprint density at radius 2 is 1.86 bits per heavy atom. The number of aliphatic hydroxyl groups excluding tert-OH is 1. The molecule has 5 heteroatoms. The molecule has 124 valence electrons. The average Bonchev–Trinajstić information content (AvgIpc) is 2.58. The second-order valence-corrected chi connectivity index (χ2v) is 5.20. The number of hydrogen-bond donors (Lipinski definition) is 3. The molecule has 0 saturated carbocycles. The maximum Gasteiger partial charge on any atom is 0.191 e. The van der Waals surface area contributed by atoms with Crippen LogP contribution in [0, 0.1) is 0 Å². The lowest BCUT2D eigenvalue weighted by Crippen LogP contribution is -2.43. The first-order valence-electron chi connectivity index (χ1n) is 8.07. The Kier molecular flexibility index (Phi) is 9.26. The lowest BCUT2D eigenvalue weighted by molar-refractivity contribution is 0.265. The summed E-state index contributed by atoms with van der Waals surface area (Å²) in [6.07, 6.45) is 0. The summed E-state index contributed by atoms with van der Waals surface area (Å²) in [6, 6.07) is 10.1. The zero-order valence-electron chi connectivity index (χ0n) is 14.0. The minimum Gasteiger partial charge on any atom is -0.396 e. The van der Waals surface area contributed by atoms with Crippen LogP contribution in [0.25, 0.3) is 0 Å². The third-order valence-corrected chi connectivity index (χ3v) is 3.85. The summed E-state index contributed by atoms with van der Waals surface area (Å²) in [5.41, 5.74) is 1.14. The number of nitrogens with one attached hydrogen (secondary N) is 2. The fraction of sp³-hybridized carbons (Fsp3) is 0.588. The molecule has 0 aliphatic rings. The summed E-state index contributed by atoms with van der Waals surface area (Å²) >= 11 is 0. The van der Waals surface area contributed by atoms with Gasteiger partial charge in [0.15, 0.2) is 5.96 Å². The second kappa shape index (κ2) is 11.0. The summed E-state index contributed by atoms with van der Waals surface area (Å²) in [7, 11) is 1.77. The van der Waals surface area contributed by atoms with Crippen molar-refractivity contribution in [1.29, 1.82) is 0 Å². The quantitative estimate of drug-likeness (QED) is 0.475. The highest BCUT2D eigenvalue weighted by Crippen LogP contribution is 2.13. The van der Waals surface area contributed by atoms with Gasteiger partial charge in [0.1, 0.15) is 0 Å². The van der Waals surface area contributed by atoms with Gasteiger partial charge in [-0.05, 0) is 18.7 Å². The zero-order chi connectivity index (χ0) is 16.2. The van der Waals surface area contributed by atoms with Crippen molar-refractivity contribution in [3.63, 3.8) is 0 Å². The Morgan fingerprint density at radius 3 is 2.41 bits per heavy atom. The van der Waals surface area contributed by atoms with Crippen LogP contribution >= 0.6 is 0 Å². The molecule has 0 heterocycles. The molecule has 1 unspecified atom stereocenters. The monoisotopic (exact) mass is 306 g/mol. The van der Waals surface area contributed by atoms with Gasteiger partial charge in [-0.15, -0.1) is 0 Å². The summed E-state index contributed by atoms with van der Waals surface area (Å²) in [6.45, 7) is 9.09. The molecule has 5 nitrogen and oxygen atoms in total. The molecule has 0 fully saturated rings. The SMILES string of the molecule is CCN(CC)CCNC(=NC)NCC(CO)c1ccccc1. The van der Waals surface area contributed by atoms with Crippen LogP contribution in [0.1, 0.15) is 25.3 Å². The number of aliphatic hydroxyl groups is 1. The number of benzene rings is 1. The Balaban J connectivity index is 2.39. The van der Waals surface area contributed by atoms with Gasteiger partial charge in [0.25, 0.3) is 0 Å². The van der Waals surface area contributed by atoms with Crippen LogP contribution in [0.5, 0.6) is 0 Å². The van der Waals surface area contributed by atoms with Crippen LogP contribution in [0.3, 0.4) is 0 Å². The van der Waals surface area contributed by atoms with Crippen LogP contribution in [0.15, 0.2) is 35.3 Å². The highest BCUT2D eigenvalue weighted by Gasteiger charge is 2.10. The van der Waals surface area contributed by atoms with Gasteiger partial charge in [-0.25, -0.2) is 0 Å². The Hall–Kier alpha value is -1.59. The fourth-order valence-corrected chi connectivity index (χ4v) is 2.33. The predicted molar refractivity (Wildman–Crippen MR) is 93.4 cm³/mol. The van der Waals surface area contributed by atoms with Gasteiger partial charge in [-0.3, -0.25) is 4.99 Å². The third-order valence-electron chi connectivity index (χ3n) is 3.85. The molecular formula is C17H30N4O. The molecule has 1 atom stereocenters. The summed E-state index contributed by atoms with van der Waals surface area (Å²) < 4.78 is 0. The highest BCUT2D eigenvalue weighted by molar-refractivity contribution is 5.79. The largest absolute Gasteiger partial charge is 0.396 e. The van der Waals surface area contributed by atoms with Crippen LogP contribution in [-0.2, 0) is 0 Å². The van der Waals surface area contributed by atoms with Crippen molar-refractivity contribution in [2.75, 3.05) is 46.4 Å². The first kappa shape index (κ1) is 18.5. The van der Waals surface area contributed by atoms with E-state index in [0.29, 0.717) is 6.54 Å². The van der Waals surface area contributed by atoms with Gasteiger partial charge in [0, 0.05) is 32.6 Å². The normalized spacial score (nSPS) is 13.2. The van der Waals surface area contributed by atoms with Gasteiger partial charge in [0.2, 0.25) is 0 Å². The van der Waals surface area contributed by atoms with Gasteiger partial charge >= 0.3 is 0 Å². The van der Waals surface area contributed by atoms with Crippen LogP contribution in [0.2, 0.25) is 0 Å². The molecule has 0 saturated heterocycles. The molecule has 0 amide bonds. The number of hydrogen-bond acceptors (Lipinski definition) is 3. The standard InChI is InChI=1S/C17H30N4O/c1-4-21(5-2)12-11-19-17(18-3)20-13-16(14-22)15-9-7-6-8-10-15/h6-10,16,22H,4-5,11-14H2,1-3H3,(H2,18,19,20). The van der Waals surface area contributed by atoms with E-state index < -0.39 is 0 Å². The molecule has 0 radical (unpaired) electrons. The van der Waals surface area contributed by atoms with E-state index >= 15 is 0 Å². The molecule has 1 aromatic carbocycles. The number of guanidine groups is 1. The molecule has 1 aromatic rings. The van der Waals surface area contributed by atoms with E-state index in [1.807, 2.05) is 30.3 Å². The highest BCUT2D eigenvalue weighted by atomic mass is 16.3. The average molecular weight is 306 g/mol. The first-order chi connectivity index (χ1) is 10.7. The molecule has 0 aliphatic heterocycles. The van der Waals surface area contributed by atoms with E-state index in [4.69, 9.17) is 0 Å². The van der Waals surface area contributed by atoms with Crippen LogP contribution in [-0.4, -0.2) is 62.3 Å². The van der Waals surface area contributed by atoms with Gasteiger partial charge in [-0.2, -0.15) is 0 Å². The fourth-order valence-electron chi connectivity index (χ4n) is 2.33. The molecule has 1 rings (SSSR count).